The van der Waals surface area contributed by atoms with Crippen molar-refractivity contribution in [2.45, 2.75) is 6.92 Å². The normalized spacial score (nSPS) is 16.2. The average Bonchev–Trinajstić information content (AvgIpc) is 3.11. The molecule has 1 N–H and O–H groups in total. The van der Waals surface area contributed by atoms with Gasteiger partial charge in [0.05, 0.1) is 30.6 Å². The molecule has 3 rings (SSSR count). The summed E-state index contributed by atoms with van der Waals surface area (Å²) in [6.07, 6.45) is 5.55. The van der Waals surface area contributed by atoms with E-state index < -0.39 is 6.67 Å². The van der Waals surface area contributed by atoms with Gasteiger partial charge in [-0.1, -0.05) is 6.08 Å². The van der Waals surface area contributed by atoms with Crippen molar-refractivity contribution in [3.05, 3.63) is 35.9 Å². The first kappa shape index (κ1) is 18.1. The summed E-state index contributed by atoms with van der Waals surface area (Å²) in [7, 11) is 0. The van der Waals surface area contributed by atoms with E-state index in [1.54, 1.807) is 12.3 Å². The maximum Gasteiger partial charge on any atom is 0.214 e. The van der Waals surface area contributed by atoms with Crippen LogP contribution in [0.15, 0.2) is 35.2 Å². The summed E-state index contributed by atoms with van der Waals surface area (Å²) in [4.78, 5) is 10.5. The molecule has 2 aromatic heterocycles. The fourth-order valence-electron chi connectivity index (χ4n) is 2.80. The second-order valence-corrected chi connectivity index (χ2v) is 5.68. The van der Waals surface area contributed by atoms with Crippen LogP contribution < -0.4 is 4.74 Å². The van der Waals surface area contributed by atoms with Crippen LogP contribution in [0.5, 0.6) is 5.88 Å². The molecule has 1 aliphatic rings. The minimum Gasteiger partial charge on any atom is -0.475 e. The average molecular weight is 359 g/mol. The molecule has 0 aromatic carbocycles. The number of ether oxygens (including phenoxy) is 2. The van der Waals surface area contributed by atoms with Crippen molar-refractivity contribution in [3.63, 3.8) is 0 Å². The molecular weight excluding hydrogens is 337 g/mol. The standard InChI is InChI=1S/C18H22FN5O2/c1-3-13(10-16(20-2)24-5-8-25-9-6-24)18-14-11-17(26-7-4-19)21-12-15(14)22-23-18/h3,10-12H,2,4-9H2,1H3,(H,22,23)/b13-3+,16-10+. The molecule has 26 heavy (non-hydrogen) atoms. The minimum absolute atomic E-state index is 0.0242. The summed E-state index contributed by atoms with van der Waals surface area (Å²) < 4.78 is 23.0. The Bertz CT molecular complexity index is 824. The van der Waals surface area contributed by atoms with E-state index in [9.17, 15) is 4.39 Å². The van der Waals surface area contributed by atoms with Crippen molar-refractivity contribution >= 4 is 23.2 Å². The molecule has 7 nitrogen and oxygen atoms in total. The van der Waals surface area contributed by atoms with E-state index in [0.717, 1.165) is 41.1 Å². The van der Waals surface area contributed by atoms with Gasteiger partial charge < -0.3 is 14.4 Å². The van der Waals surface area contributed by atoms with Crippen LogP contribution in [-0.2, 0) is 4.74 Å². The van der Waals surface area contributed by atoms with Crippen LogP contribution in [0.1, 0.15) is 12.6 Å². The molecule has 3 heterocycles. The number of morpholine rings is 1. The number of rotatable bonds is 7. The number of aromatic nitrogens is 3. The van der Waals surface area contributed by atoms with Crippen molar-refractivity contribution in [1.82, 2.24) is 20.1 Å². The lowest BCUT2D eigenvalue weighted by Crippen LogP contribution is -2.35. The van der Waals surface area contributed by atoms with Crippen LogP contribution >= 0.6 is 0 Å². The predicted molar refractivity (Wildman–Crippen MR) is 99.0 cm³/mol. The molecule has 0 radical (unpaired) electrons. The summed E-state index contributed by atoms with van der Waals surface area (Å²) in [5.74, 6) is 1.15. The second kappa shape index (κ2) is 8.57. The van der Waals surface area contributed by atoms with E-state index in [-0.39, 0.29) is 6.61 Å². The maximum absolute atomic E-state index is 12.3. The van der Waals surface area contributed by atoms with Gasteiger partial charge in [0.1, 0.15) is 19.1 Å². The number of hydrogen-bond donors (Lipinski definition) is 1. The van der Waals surface area contributed by atoms with Crippen molar-refractivity contribution in [2.75, 3.05) is 39.6 Å². The molecule has 0 amide bonds. The molecule has 1 aliphatic heterocycles. The van der Waals surface area contributed by atoms with Gasteiger partial charge in [-0.2, -0.15) is 5.10 Å². The number of nitrogens with zero attached hydrogens (tertiary/aromatic N) is 4. The number of aromatic amines is 1. The number of aliphatic imine (C=N–C) groups is 1. The van der Waals surface area contributed by atoms with Crippen molar-refractivity contribution in [3.8, 4) is 5.88 Å². The Balaban J connectivity index is 1.94. The smallest absolute Gasteiger partial charge is 0.214 e. The van der Waals surface area contributed by atoms with Gasteiger partial charge in [-0.05, 0) is 19.7 Å². The van der Waals surface area contributed by atoms with Gasteiger partial charge in [-0.25, -0.2) is 14.4 Å². The summed E-state index contributed by atoms with van der Waals surface area (Å²) in [5.41, 5.74) is 2.43. The molecule has 0 atom stereocenters. The van der Waals surface area contributed by atoms with Gasteiger partial charge in [0.15, 0.2) is 0 Å². The van der Waals surface area contributed by atoms with Crippen LogP contribution in [0.25, 0.3) is 16.5 Å². The highest BCUT2D eigenvalue weighted by Gasteiger charge is 2.16. The zero-order valence-electron chi connectivity index (χ0n) is 14.7. The second-order valence-electron chi connectivity index (χ2n) is 5.68. The van der Waals surface area contributed by atoms with E-state index in [1.165, 1.54) is 0 Å². The van der Waals surface area contributed by atoms with Gasteiger partial charge in [0.25, 0.3) is 0 Å². The van der Waals surface area contributed by atoms with Gasteiger partial charge in [-0.15, -0.1) is 0 Å². The van der Waals surface area contributed by atoms with Crippen LogP contribution in [0, 0.1) is 0 Å². The highest BCUT2D eigenvalue weighted by molar-refractivity contribution is 5.93. The lowest BCUT2D eigenvalue weighted by atomic mass is 10.1. The van der Waals surface area contributed by atoms with E-state index in [1.807, 2.05) is 19.1 Å². The van der Waals surface area contributed by atoms with Gasteiger partial charge in [-0.3, -0.25) is 5.10 Å². The lowest BCUT2D eigenvalue weighted by molar-refractivity contribution is 0.0533. The third-order valence-corrected chi connectivity index (χ3v) is 4.12. The Labute approximate surface area is 151 Å². The van der Waals surface area contributed by atoms with Crippen LogP contribution in [-0.4, -0.2) is 66.4 Å². The molecule has 1 saturated heterocycles. The number of pyridine rings is 1. The largest absolute Gasteiger partial charge is 0.475 e. The quantitative estimate of drug-likeness (QED) is 0.607. The fraction of sp³-hybridized carbons (Fsp3) is 0.389. The molecule has 0 spiro atoms. The highest BCUT2D eigenvalue weighted by atomic mass is 19.1. The molecule has 0 bridgehead atoms. The van der Waals surface area contributed by atoms with Crippen LogP contribution in [0.2, 0.25) is 0 Å². The number of H-pyrrole nitrogens is 1. The van der Waals surface area contributed by atoms with Crippen molar-refractivity contribution < 1.29 is 13.9 Å². The van der Waals surface area contributed by atoms with Gasteiger partial charge >= 0.3 is 0 Å². The Kier molecular flexibility index (Phi) is 5.96. The number of nitrogens with one attached hydrogen (secondary N) is 1. The van der Waals surface area contributed by atoms with Crippen LogP contribution in [0.3, 0.4) is 0 Å². The monoisotopic (exact) mass is 359 g/mol. The van der Waals surface area contributed by atoms with E-state index in [2.05, 4.69) is 31.8 Å². The molecule has 1 fully saturated rings. The van der Waals surface area contributed by atoms with Crippen molar-refractivity contribution in [1.29, 1.82) is 0 Å². The first-order valence-corrected chi connectivity index (χ1v) is 8.47. The molecule has 138 valence electrons. The Morgan fingerprint density at radius 2 is 2.31 bits per heavy atom. The van der Waals surface area contributed by atoms with Gasteiger partial charge in [0, 0.05) is 30.1 Å². The lowest BCUT2D eigenvalue weighted by Gasteiger charge is -2.28. The van der Waals surface area contributed by atoms with E-state index >= 15 is 0 Å². The summed E-state index contributed by atoms with van der Waals surface area (Å²) in [6.45, 7) is 7.93. The Morgan fingerprint density at radius 3 is 3.00 bits per heavy atom. The number of hydrogen-bond acceptors (Lipinski definition) is 6. The zero-order valence-corrected chi connectivity index (χ0v) is 14.7. The first-order valence-electron chi connectivity index (χ1n) is 8.47. The molecule has 0 saturated carbocycles. The Morgan fingerprint density at radius 1 is 1.50 bits per heavy atom. The SMILES string of the molecule is C=N/C(=C\C(=C/C)c1n[nH]c2cnc(OCCF)cc12)N1CCOCC1. The van der Waals surface area contributed by atoms with E-state index in [0.29, 0.717) is 19.1 Å². The molecular formula is C18H22FN5O2. The molecule has 8 heteroatoms. The van der Waals surface area contributed by atoms with E-state index in [4.69, 9.17) is 9.47 Å². The van der Waals surface area contributed by atoms with Gasteiger partial charge in [0.2, 0.25) is 5.88 Å². The fourth-order valence-corrected chi connectivity index (χ4v) is 2.80. The molecule has 0 unspecified atom stereocenters. The third kappa shape index (κ3) is 3.91. The minimum atomic E-state index is -0.561. The molecule has 0 aliphatic carbocycles. The van der Waals surface area contributed by atoms with Crippen LogP contribution in [0.4, 0.5) is 4.39 Å². The number of alkyl halides is 1. The summed E-state index contributed by atoms with van der Waals surface area (Å²) in [5, 5.41) is 8.22. The Hall–Kier alpha value is -2.74. The third-order valence-electron chi connectivity index (χ3n) is 4.12. The number of allylic oxidation sites excluding steroid dienone is 3. The summed E-state index contributed by atoms with van der Waals surface area (Å²) >= 11 is 0. The summed E-state index contributed by atoms with van der Waals surface area (Å²) in [6, 6.07) is 1.76. The zero-order chi connectivity index (χ0) is 18.4. The molecule has 2 aromatic rings. The highest BCUT2D eigenvalue weighted by Crippen LogP contribution is 2.27. The van der Waals surface area contributed by atoms with Crippen molar-refractivity contribution in [2.24, 2.45) is 4.99 Å². The number of fused-ring (bicyclic) bond motifs is 1. The number of halogens is 1. The topological polar surface area (TPSA) is 75.6 Å². The maximum atomic E-state index is 12.3. The predicted octanol–water partition coefficient (Wildman–Crippen LogP) is 2.58. The first-order chi connectivity index (χ1) is 12.8.